The van der Waals surface area contributed by atoms with Gasteiger partial charge >= 0.3 is 6.09 Å². The number of pyridine rings is 1. The summed E-state index contributed by atoms with van der Waals surface area (Å²) in [5.74, 6) is 0. The number of carbonyl (C=O) groups excluding carboxylic acids is 1. The van der Waals surface area contributed by atoms with Crippen LogP contribution in [0.1, 0.15) is 32.8 Å². The van der Waals surface area contributed by atoms with Crippen LogP contribution in [0.2, 0.25) is 0 Å². The summed E-state index contributed by atoms with van der Waals surface area (Å²) in [7, 11) is 0. The zero-order chi connectivity index (χ0) is 15.5. The third kappa shape index (κ3) is 5.63. The van der Waals surface area contributed by atoms with Gasteiger partial charge in [0.1, 0.15) is 10.2 Å². The molecule has 0 aromatic carbocycles. The lowest BCUT2D eigenvalue weighted by atomic mass is 10.2. The Kier molecular flexibility index (Phi) is 5.22. The van der Waals surface area contributed by atoms with Gasteiger partial charge in [0.25, 0.3) is 0 Å². The van der Waals surface area contributed by atoms with Gasteiger partial charge in [-0.2, -0.15) is 0 Å². The summed E-state index contributed by atoms with van der Waals surface area (Å²) in [6.07, 6.45) is 2.49. The van der Waals surface area contributed by atoms with Crippen molar-refractivity contribution in [2.24, 2.45) is 0 Å². The average molecular weight is 356 g/mol. The average Bonchev–Trinajstić information content (AvgIpc) is 2.77. The first-order chi connectivity index (χ1) is 9.82. The minimum Gasteiger partial charge on any atom is -0.444 e. The van der Waals surface area contributed by atoms with Crippen LogP contribution in [0.25, 0.3) is 0 Å². The van der Waals surface area contributed by atoms with Gasteiger partial charge in [0.2, 0.25) is 0 Å². The van der Waals surface area contributed by atoms with Gasteiger partial charge in [0.15, 0.2) is 0 Å². The minimum absolute atomic E-state index is 0.156. The first-order valence-corrected chi connectivity index (χ1v) is 7.93. The van der Waals surface area contributed by atoms with Gasteiger partial charge in [0, 0.05) is 31.9 Å². The summed E-state index contributed by atoms with van der Waals surface area (Å²) in [5, 5.41) is 2.93. The van der Waals surface area contributed by atoms with Gasteiger partial charge in [-0.1, -0.05) is 6.07 Å². The highest BCUT2D eigenvalue weighted by atomic mass is 79.9. The largest absolute Gasteiger partial charge is 0.444 e. The number of nitrogens with one attached hydrogen (secondary N) is 1. The predicted octanol–water partition coefficient (Wildman–Crippen LogP) is 2.94. The molecular weight excluding hydrogens is 334 g/mol. The van der Waals surface area contributed by atoms with Crippen molar-refractivity contribution < 1.29 is 9.53 Å². The number of likely N-dealkylation sites (tertiary alicyclic amines) is 1. The van der Waals surface area contributed by atoms with E-state index in [0.717, 1.165) is 30.7 Å². The molecule has 2 heterocycles. The van der Waals surface area contributed by atoms with Crippen molar-refractivity contribution >= 4 is 22.0 Å². The van der Waals surface area contributed by atoms with Crippen molar-refractivity contribution in [2.45, 2.75) is 45.4 Å². The molecule has 1 aromatic rings. The van der Waals surface area contributed by atoms with Crippen molar-refractivity contribution in [2.75, 3.05) is 13.1 Å². The lowest BCUT2D eigenvalue weighted by Gasteiger charge is -2.22. The second kappa shape index (κ2) is 6.75. The minimum atomic E-state index is -0.453. The number of ether oxygens (including phenoxy) is 1. The standard InChI is InChI=1S/C15H22BrN3O2/c1-15(2,3)21-14(20)18-12-6-7-19(10-12)9-11-4-5-13(16)17-8-11/h4-5,8,12H,6-7,9-10H2,1-3H3,(H,18,20)/t12-/m1/s1. The molecule has 0 spiro atoms. The second-order valence-electron chi connectivity index (χ2n) is 6.36. The third-order valence-electron chi connectivity index (χ3n) is 3.19. The maximum Gasteiger partial charge on any atom is 0.407 e. The SMILES string of the molecule is CC(C)(C)OC(=O)N[C@@H]1CCN(Cc2ccc(Br)nc2)C1. The molecule has 0 unspecified atom stereocenters. The summed E-state index contributed by atoms with van der Waals surface area (Å²) >= 11 is 3.33. The Bertz CT molecular complexity index is 485. The van der Waals surface area contributed by atoms with Crippen LogP contribution in [-0.2, 0) is 11.3 Å². The molecule has 1 aliphatic rings. The Balaban J connectivity index is 1.78. The van der Waals surface area contributed by atoms with Crippen molar-refractivity contribution in [1.82, 2.24) is 15.2 Å². The lowest BCUT2D eigenvalue weighted by molar-refractivity contribution is 0.0506. The third-order valence-corrected chi connectivity index (χ3v) is 3.66. The molecule has 0 saturated carbocycles. The monoisotopic (exact) mass is 355 g/mol. The Morgan fingerprint density at radius 1 is 1.52 bits per heavy atom. The van der Waals surface area contributed by atoms with E-state index >= 15 is 0 Å². The fourth-order valence-electron chi connectivity index (χ4n) is 2.33. The Hall–Kier alpha value is -1.14. The molecule has 0 bridgehead atoms. The maximum absolute atomic E-state index is 11.8. The fraction of sp³-hybridized carbons (Fsp3) is 0.600. The maximum atomic E-state index is 11.8. The van der Waals surface area contributed by atoms with E-state index < -0.39 is 5.60 Å². The van der Waals surface area contributed by atoms with Gasteiger partial charge in [-0.15, -0.1) is 0 Å². The lowest BCUT2D eigenvalue weighted by Crippen LogP contribution is -2.40. The summed E-state index contributed by atoms with van der Waals surface area (Å²) in [4.78, 5) is 18.3. The number of hydrogen-bond acceptors (Lipinski definition) is 4. The molecule has 21 heavy (non-hydrogen) atoms. The molecule has 0 aliphatic carbocycles. The van der Waals surface area contributed by atoms with E-state index in [-0.39, 0.29) is 12.1 Å². The number of carbonyl (C=O) groups is 1. The number of rotatable bonds is 3. The van der Waals surface area contributed by atoms with Gasteiger partial charge in [0.05, 0.1) is 0 Å². The quantitative estimate of drug-likeness (QED) is 0.847. The summed E-state index contributed by atoms with van der Waals surface area (Å²) < 4.78 is 6.13. The second-order valence-corrected chi connectivity index (χ2v) is 7.17. The van der Waals surface area contributed by atoms with Crippen molar-refractivity contribution in [1.29, 1.82) is 0 Å². The smallest absolute Gasteiger partial charge is 0.407 e. The van der Waals surface area contributed by atoms with Crippen molar-refractivity contribution in [3.63, 3.8) is 0 Å². The van der Waals surface area contributed by atoms with Crippen LogP contribution in [0, 0.1) is 0 Å². The normalized spacial score (nSPS) is 19.5. The molecule has 1 atom stereocenters. The van der Waals surface area contributed by atoms with Gasteiger partial charge in [-0.3, -0.25) is 4.90 Å². The van der Waals surface area contributed by atoms with Gasteiger partial charge in [-0.05, 0) is 54.8 Å². The van der Waals surface area contributed by atoms with E-state index in [4.69, 9.17) is 4.74 Å². The molecule has 1 saturated heterocycles. The van der Waals surface area contributed by atoms with Crippen molar-refractivity contribution in [3.8, 4) is 0 Å². The number of nitrogens with zero attached hydrogens (tertiary/aromatic N) is 2. The number of hydrogen-bond donors (Lipinski definition) is 1. The Morgan fingerprint density at radius 2 is 2.29 bits per heavy atom. The molecule has 116 valence electrons. The first-order valence-electron chi connectivity index (χ1n) is 7.14. The highest BCUT2D eigenvalue weighted by Gasteiger charge is 2.26. The van der Waals surface area contributed by atoms with Crippen LogP contribution in [0.5, 0.6) is 0 Å². The van der Waals surface area contributed by atoms with E-state index in [0.29, 0.717) is 0 Å². The first kappa shape index (κ1) is 16.2. The predicted molar refractivity (Wildman–Crippen MR) is 85.0 cm³/mol. The number of aromatic nitrogens is 1. The zero-order valence-electron chi connectivity index (χ0n) is 12.7. The van der Waals surface area contributed by atoms with Crippen LogP contribution >= 0.6 is 15.9 Å². The molecule has 1 N–H and O–H groups in total. The molecule has 0 radical (unpaired) electrons. The van der Waals surface area contributed by atoms with E-state index in [1.807, 2.05) is 33.0 Å². The molecule has 1 amide bonds. The molecule has 1 aromatic heterocycles. The topological polar surface area (TPSA) is 54.5 Å². The van der Waals surface area contributed by atoms with Crippen molar-refractivity contribution in [3.05, 3.63) is 28.5 Å². The van der Waals surface area contributed by atoms with Crippen LogP contribution in [-0.4, -0.2) is 40.7 Å². The highest BCUT2D eigenvalue weighted by molar-refractivity contribution is 9.10. The van der Waals surface area contributed by atoms with Crippen LogP contribution in [0.4, 0.5) is 4.79 Å². The van der Waals surface area contributed by atoms with Gasteiger partial charge in [-0.25, -0.2) is 9.78 Å². The zero-order valence-corrected chi connectivity index (χ0v) is 14.3. The summed E-state index contributed by atoms with van der Waals surface area (Å²) in [6, 6.07) is 4.16. The number of halogens is 1. The van der Waals surface area contributed by atoms with Crippen LogP contribution in [0.3, 0.4) is 0 Å². The Labute approximate surface area is 134 Å². The van der Waals surface area contributed by atoms with E-state index in [1.165, 1.54) is 5.56 Å². The fourth-order valence-corrected chi connectivity index (χ4v) is 2.56. The molecule has 1 aliphatic heterocycles. The van der Waals surface area contributed by atoms with E-state index in [1.54, 1.807) is 0 Å². The molecule has 2 rings (SSSR count). The van der Waals surface area contributed by atoms with Crippen LogP contribution in [0.15, 0.2) is 22.9 Å². The summed E-state index contributed by atoms with van der Waals surface area (Å²) in [6.45, 7) is 8.27. The molecule has 1 fully saturated rings. The molecule has 6 heteroatoms. The Morgan fingerprint density at radius 3 is 2.90 bits per heavy atom. The van der Waals surface area contributed by atoms with Gasteiger partial charge < -0.3 is 10.1 Å². The molecule has 5 nitrogen and oxygen atoms in total. The highest BCUT2D eigenvalue weighted by Crippen LogP contribution is 2.15. The molecular formula is C15H22BrN3O2. The number of alkyl carbamates (subject to hydrolysis) is 1. The summed E-state index contributed by atoms with van der Waals surface area (Å²) in [5.41, 5.74) is 0.724. The van der Waals surface area contributed by atoms with E-state index in [2.05, 4.69) is 37.2 Å². The van der Waals surface area contributed by atoms with E-state index in [9.17, 15) is 4.79 Å². The van der Waals surface area contributed by atoms with Crippen LogP contribution < -0.4 is 5.32 Å². The number of amides is 1.